The van der Waals surface area contributed by atoms with Crippen LogP contribution in [0.15, 0.2) is 182 Å². The number of para-hydroxylation sites is 4. The van der Waals surface area contributed by atoms with E-state index in [1.54, 1.807) is 0 Å². The van der Waals surface area contributed by atoms with Crippen molar-refractivity contribution >= 4 is 46.3 Å². The van der Waals surface area contributed by atoms with Crippen molar-refractivity contribution in [3.05, 3.63) is 226 Å². The van der Waals surface area contributed by atoms with Crippen LogP contribution in [0.25, 0.3) is 34.4 Å². The van der Waals surface area contributed by atoms with Crippen LogP contribution in [0.3, 0.4) is 0 Å². The van der Waals surface area contributed by atoms with Gasteiger partial charge in [0.1, 0.15) is 0 Å². The van der Waals surface area contributed by atoms with Crippen LogP contribution >= 0.6 is 0 Å². The number of fused-ring (bicyclic) bond motifs is 7. The highest BCUT2D eigenvalue weighted by Gasteiger charge is 2.40. The Bertz CT molecular complexity index is 2950. The summed E-state index contributed by atoms with van der Waals surface area (Å²) in [6.45, 7) is 14.1. The lowest BCUT2D eigenvalue weighted by Crippen LogP contribution is -2.30. The molecule has 296 valence electrons. The lowest BCUT2D eigenvalue weighted by Gasteiger charge is -2.42. The van der Waals surface area contributed by atoms with E-state index in [9.17, 15) is 0 Å². The monoisotopic (exact) mass is 786 g/mol. The Morgan fingerprint density at radius 1 is 0.311 bits per heavy atom. The molecule has 0 atom stereocenters. The molecule has 8 aromatic rings. The van der Waals surface area contributed by atoms with Gasteiger partial charge in [0.05, 0.1) is 22.7 Å². The third kappa shape index (κ3) is 5.69. The van der Waals surface area contributed by atoms with Gasteiger partial charge in [-0.3, -0.25) is 0 Å². The van der Waals surface area contributed by atoms with Gasteiger partial charge in [-0.1, -0.05) is 187 Å². The van der Waals surface area contributed by atoms with Crippen molar-refractivity contribution in [2.75, 3.05) is 9.80 Å². The Morgan fingerprint density at radius 2 is 0.656 bits per heavy atom. The molecule has 2 heterocycles. The molecular formula is C59H50N2. The molecule has 0 fully saturated rings. The van der Waals surface area contributed by atoms with Gasteiger partial charge in [-0.15, -0.1) is 0 Å². The fourth-order valence-electron chi connectivity index (χ4n) is 10.7. The van der Waals surface area contributed by atoms with Crippen LogP contribution < -0.4 is 9.80 Å². The number of benzene rings is 8. The minimum atomic E-state index is -0.146. The molecule has 1 aliphatic carbocycles. The van der Waals surface area contributed by atoms with Crippen molar-refractivity contribution in [2.24, 2.45) is 0 Å². The second kappa shape index (κ2) is 13.6. The summed E-state index contributed by atoms with van der Waals surface area (Å²) in [6.07, 6.45) is 4.49. The van der Waals surface area contributed by atoms with Crippen LogP contribution in [0.4, 0.5) is 34.1 Å². The molecule has 8 aromatic carbocycles. The quantitative estimate of drug-likeness (QED) is 0.160. The molecule has 0 spiro atoms. The lowest BCUT2D eigenvalue weighted by atomic mass is 9.73. The van der Waals surface area contributed by atoms with E-state index in [0.29, 0.717) is 0 Å². The van der Waals surface area contributed by atoms with E-state index >= 15 is 0 Å². The van der Waals surface area contributed by atoms with Gasteiger partial charge >= 0.3 is 0 Å². The molecule has 0 amide bonds. The van der Waals surface area contributed by atoms with Crippen LogP contribution in [-0.4, -0.2) is 0 Å². The first-order valence-electron chi connectivity index (χ1n) is 21.7. The molecule has 0 saturated heterocycles. The number of anilines is 6. The van der Waals surface area contributed by atoms with Crippen molar-refractivity contribution in [3.63, 3.8) is 0 Å². The van der Waals surface area contributed by atoms with E-state index in [4.69, 9.17) is 0 Å². The highest BCUT2D eigenvalue weighted by molar-refractivity contribution is 5.90. The van der Waals surface area contributed by atoms with Crippen molar-refractivity contribution in [3.8, 4) is 22.3 Å². The van der Waals surface area contributed by atoms with Gasteiger partial charge in [-0.2, -0.15) is 0 Å². The molecule has 0 radical (unpaired) electrons. The first-order valence-corrected chi connectivity index (χ1v) is 21.7. The van der Waals surface area contributed by atoms with E-state index in [2.05, 4.69) is 245 Å². The van der Waals surface area contributed by atoms with Crippen LogP contribution in [0.1, 0.15) is 86.1 Å². The summed E-state index contributed by atoms with van der Waals surface area (Å²) in [5, 5.41) is 0. The third-order valence-electron chi connectivity index (χ3n) is 14.1. The molecule has 0 aromatic heterocycles. The summed E-state index contributed by atoms with van der Waals surface area (Å²) in [5.41, 5.74) is 22.7. The van der Waals surface area contributed by atoms with Crippen LogP contribution in [0, 0.1) is 0 Å². The van der Waals surface area contributed by atoms with Crippen molar-refractivity contribution in [1.82, 2.24) is 0 Å². The molecule has 2 nitrogen and oxygen atoms in total. The van der Waals surface area contributed by atoms with Crippen LogP contribution in [-0.2, 0) is 16.2 Å². The Kier molecular flexibility index (Phi) is 8.25. The normalized spacial score (nSPS) is 16.0. The Balaban J connectivity index is 0.842. The standard InChI is InChI=1S/C59H50N2/c1-57(2)47-15-7-11-19-53(47)60(54-20-12-8-16-48(54)57)43-32-30-42(31-33-43)41-28-25-39(26-29-41)23-24-40-27-35-45-46-36-34-44(38-52(46)59(5,6)51(45)37-40)61-55-21-13-9-17-49(55)58(3,4)50-18-10-14-22-56(50)61/h7-38H,1-6H3/b24-23+. The van der Waals surface area contributed by atoms with Crippen molar-refractivity contribution < 1.29 is 0 Å². The predicted octanol–water partition coefficient (Wildman–Crippen LogP) is 16.0. The van der Waals surface area contributed by atoms with Gasteiger partial charge in [-0.25, -0.2) is 0 Å². The Labute approximate surface area is 361 Å². The SMILES string of the molecule is CC1(C)c2cc(/C=C/c3ccc(-c4ccc(N5c6ccccc6C(C)(C)c6ccccc65)cc4)cc3)ccc2-c2ccc(N3c4ccccc4C(C)(C)c4ccccc43)cc21. The maximum Gasteiger partial charge on any atom is 0.0502 e. The van der Waals surface area contributed by atoms with Gasteiger partial charge in [0, 0.05) is 27.6 Å². The number of hydrogen-bond donors (Lipinski definition) is 0. The molecule has 3 aliphatic rings. The highest BCUT2D eigenvalue weighted by Crippen LogP contribution is 2.55. The average molecular weight is 787 g/mol. The summed E-state index contributed by atoms with van der Waals surface area (Å²) in [4.78, 5) is 4.89. The van der Waals surface area contributed by atoms with Gasteiger partial charge in [0.25, 0.3) is 0 Å². The lowest BCUT2D eigenvalue weighted by molar-refractivity contribution is 0.631. The minimum Gasteiger partial charge on any atom is -0.310 e. The first-order chi connectivity index (χ1) is 29.5. The fraction of sp³-hybridized carbons (Fsp3) is 0.153. The summed E-state index contributed by atoms with van der Waals surface area (Å²) >= 11 is 0. The molecule has 2 heteroatoms. The molecular weight excluding hydrogens is 737 g/mol. The summed E-state index contributed by atoms with van der Waals surface area (Å²) in [5.74, 6) is 0. The van der Waals surface area contributed by atoms with Crippen molar-refractivity contribution in [2.45, 2.75) is 57.8 Å². The van der Waals surface area contributed by atoms with Crippen LogP contribution in [0.5, 0.6) is 0 Å². The summed E-state index contributed by atoms with van der Waals surface area (Å²) in [7, 11) is 0. The van der Waals surface area contributed by atoms with E-state index in [-0.39, 0.29) is 16.2 Å². The third-order valence-corrected chi connectivity index (χ3v) is 14.1. The zero-order valence-corrected chi connectivity index (χ0v) is 35.9. The van der Waals surface area contributed by atoms with Gasteiger partial charge in [0.15, 0.2) is 0 Å². The van der Waals surface area contributed by atoms with E-state index in [1.807, 2.05) is 0 Å². The molecule has 61 heavy (non-hydrogen) atoms. The number of hydrogen-bond acceptors (Lipinski definition) is 2. The van der Waals surface area contributed by atoms with Gasteiger partial charge in [0.2, 0.25) is 0 Å². The Morgan fingerprint density at radius 3 is 1.15 bits per heavy atom. The van der Waals surface area contributed by atoms with Gasteiger partial charge < -0.3 is 9.80 Å². The topological polar surface area (TPSA) is 6.48 Å². The largest absolute Gasteiger partial charge is 0.310 e. The highest BCUT2D eigenvalue weighted by atomic mass is 15.2. The van der Waals surface area contributed by atoms with E-state index in [0.717, 1.165) is 0 Å². The zero-order chi connectivity index (χ0) is 41.7. The Hall–Kier alpha value is -6.90. The van der Waals surface area contributed by atoms with Crippen LogP contribution in [0.2, 0.25) is 0 Å². The zero-order valence-electron chi connectivity index (χ0n) is 35.9. The molecule has 0 saturated carbocycles. The van der Waals surface area contributed by atoms with Gasteiger partial charge in [-0.05, 0) is 115 Å². The number of rotatable bonds is 5. The molecule has 0 bridgehead atoms. The molecule has 11 rings (SSSR count). The van der Waals surface area contributed by atoms with Crippen molar-refractivity contribution in [1.29, 1.82) is 0 Å². The summed E-state index contributed by atoms with van der Waals surface area (Å²) in [6, 6.07) is 67.5. The fourth-order valence-corrected chi connectivity index (χ4v) is 10.7. The van der Waals surface area contributed by atoms with E-state index < -0.39 is 0 Å². The maximum absolute atomic E-state index is 2.47. The molecule has 2 aliphatic heterocycles. The predicted molar refractivity (Wildman–Crippen MR) is 258 cm³/mol. The minimum absolute atomic E-state index is 0.0684. The smallest absolute Gasteiger partial charge is 0.0502 e. The molecule has 0 N–H and O–H groups in total. The second-order valence-corrected chi connectivity index (χ2v) is 18.7. The molecule has 0 unspecified atom stereocenters. The summed E-state index contributed by atoms with van der Waals surface area (Å²) < 4.78 is 0. The second-order valence-electron chi connectivity index (χ2n) is 18.7. The first kappa shape index (κ1) is 37.1. The maximum atomic E-state index is 2.47. The average Bonchev–Trinajstić information content (AvgIpc) is 3.51. The number of nitrogens with zero attached hydrogens (tertiary/aromatic N) is 2. The van der Waals surface area contributed by atoms with E-state index in [1.165, 1.54) is 101 Å².